The van der Waals surface area contributed by atoms with Gasteiger partial charge in [0, 0.05) is 23.6 Å². The minimum absolute atomic E-state index is 0.169. The summed E-state index contributed by atoms with van der Waals surface area (Å²) >= 11 is 1.46. The summed E-state index contributed by atoms with van der Waals surface area (Å²) in [6.45, 7) is 0. The second-order valence-corrected chi connectivity index (χ2v) is 6.82. The quantitative estimate of drug-likeness (QED) is 0.701. The predicted molar refractivity (Wildman–Crippen MR) is 74.9 cm³/mol. The van der Waals surface area contributed by atoms with Crippen LogP contribution in [0.15, 0.2) is 22.2 Å². The first-order chi connectivity index (χ1) is 9.57. The fourth-order valence-corrected chi connectivity index (χ4v) is 3.88. The van der Waals surface area contributed by atoms with Crippen molar-refractivity contribution in [2.75, 3.05) is 0 Å². The van der Waals surface area contributed by atoms with Crippen molar-refractivity contribution >= 4 is 17.7 Å². The van der Waals surface area contributed by atoms with Gasteiger partial charge in [-0.1, -0.05) is 11.8 Å². The van der Waals surface area contributed by atoms with Gasteiger partial charge in [-0.05, 0) is 32.1 Å². The maximum atomic E-state index is 11.6. The van der Waals surface area contributed by atoms with Gasteiger partial charge in [0.25, 0.3) is 5.56 Å². The van der Waals surface area contributed by atoms with Crippen LogP contribution in [0.5, 0.6) is 0 Å². The molecule has 2 fully saturated rings. The van der Waals surface area contributed by atoms with E-state index in [2.05, 4.69) is 15.3 Å². The minimum Gasteiger partial charge on any atom is -0.480 e. The first kappa shape index (κ1) is 13.6. The molecule has 2 atom stereocenters. The van der Waals surface area contributed by atoms with Gasteiger partial charge in [0.1, 0.15) is 5.54 Å². The molecule has 3 N–H and O–H groups in total. The van der Waals surface area contributed by atoms with E-state index in [1.807, 2.05) is 0 Å². The molecule has 20 heavy (non-hydrogen) atoms. The van der Waals surface area contributed by atoms with E-state index in [0.29, 0.717) is 24.0 Å². The molecule has 0 bridgehead atoms. The van der Waals surface area contributed by atoms with Crippen LogP contribution >= 0.6 is 11.8 Å². The van der Waals surface area contributed by atoms with Gasteiger partial charge in [0.05, 0.1) is 0 Å². The van der Waals surface area contributed by atoms with Crippen LogP contribution in [0.3, 0.4) is 0 Å². The number of carboxylic acids is 1. The average Bonchev–Trinajstić information content (AvgIpc) is 3.10. The zero-order valence-corrected chi connectivity index (χ0v) is 11.8. The lowest BCUT2D eigenvalue weighted by Crippen LogP contribution is -2.51. The monoisotopic (exact) mass is 295 g/mol. The van der Waals surface area contributed by atoms with Crippen molar-refractivity contribution in [3.63, 3.8) is 0 Å². The minimum atomic E-state index is -0.798. The Morgan fingerprint density at radius 2 is 2.30 bits per heavy atom. The van der Waals surface area contributed by atoms with Gasteiger partial charge in [-0.3, -0.25) is 14.9 Å². The summed E-state index contributed by atoms with van der Waals surface area (Å²) in [4.78, 5) is 29.6. The summed E-state index contributed by atoms with van der Waals surface area (Å²) in [6, 6.07) is 1.74. The van der Waals surface area contributed by atoms with Crippen LogP contribution < -0.4 is 10.9 Å². The Balaban J connectivity index is 1.68. The normalized spacial score (nSPS) is 29.5. The Bertz CT molecular complexity index is 572. The van der Waals surface area contributed by atoms with Crippen molar-refractivity contribution in [2.45, 2.75) is 54.1 Å². The Hall–Kier alpha value is -1.34. The average molecular weight is 295 g/mol. The van der Waals surface area contributed by atoms with Crippen molar-refractivity contribution in [3.05, 3.63) is 22.6 Å². The number of carboxylic acid groups (broad SMARTS) is 1. The Kier molecular flexibility index (Phi) is 3.55. The Labute approximate surface area is 120 Å². The molecular weight excluding hydrogens is 278 g/mol. The van der Waals surface area contributed by atoms with Crippen molar-refractivity contribution < 1.29 is 9.90 Å². The molecule has 1 aromatic rings. The number of carbonyl (C=O) groups is 1. The van der Waals surface area contributed by atoms with Gasteiger partial charge in [-0.25, -0.2) is 4.98 Å². The van der Waals surface area contributed by atoms with E-state index in [1.54, 1.807) is 0 Å². The number of rotatable bonds is 5. The standard InChI is InChI=1S/C13H17N3O3S/c17-10-4-6-14-12(15-10)20-9-3-5-13(7-9,11(18)19)16-8-1-2-8/h4,6,8-9,16H,1-3,5,7H2,(H,18,19)(H,14,15,17). The molecule has 3 rings (SSSR count). The molecule has 1 heterocycles. The van der Waals surface area contributed by atoms with E-state index in [4.69, 9.17) is 0 Å². The van der Waals surface area contributed by atoms with Crippen molar-refractivity contribution in [1.29, 1.82) is 0 Å². The number of hydrogen-bond acceptors (Lipinski definition) is 5. The van der Waals surface area contributed by atoms with Gasteiger partial charge in [0.2, 0.25) is 0 Å². The van der Waals surface area contributed by atoms with Crippen LogP contribution in [0.4, 0.5) is 0 Å². The smallest absolute Gasteiger partial charge is 0.323 e. The number of aromatic nitrogens is 2. The van der Waals surface area contributed by atoms with Crippen LogP contribution in [0.1, 0.15) is 32.1 Å². The molecule has 0 spiro atoms. The van der Waals surface area contributed by atoms with E-state index >= 15 is 0 Å². The molecule has 7 heteroatoms. The first-order valence-electron chi connectivity index (χ1n) is 6.80. The fraction of sp³-hybridized carbons (Fsp3) is 0.615. The molecule has 2 aliphatic rings. The van der Waals surface area contributed by atoms with Gasteiger partial charge in [-0.2, -0.15) is 0 Å². The third kappa shape index (κ3) is 2.88. The fourth-order valence-electron chi connectivity index (χ4n) is 2.68. The van der Waals surface area contributed by atoms with Crippen LogP contribution in [0.25, 0.3) is 0 Å². The van der Waals surface area contributed by atoms with Crippen LogP contribution in [-0.2, 0) is 4.79 Å². The molecular formula is C13H17N3O3S. The number of thioether (sulfide) groups is 1. The second kappa shape index (κ2) is 5.21. The molecule has 2 saturated carbocycles. The highest BCUT2D eigenvalue weighted by Gasteiger charge is 2.48. The lowest BCUT2D eigenvalue weighted by Gasteiger charge is -2.25. The van der Waals surface area contributed by atoms with Gasteiger partial charge < -0.3 is 10.1 Å². The molecule has 0 aromatic carbocycles. The predicted octanol–water partition coefficient (Wildman–Crippen LogP) is 0.990. The highest BCUT2D eigenvalue weighted by Crippen LogP contribution is 2.41. The zero-order valence-electron chi connectivity index (χ0n) is 11.0. The number of nitrogens with zero attached hydrogens (tertiary/aromatic N) is 1. The Morgan fingerprint density at radius 3 is 2.95 bits per heavy atom. The number of nitrogens with one attached hydrogen (secondary N) is 2. The molecule has 2 unspecified atom stereocenters. The van der Waals surface area contributed by atoms with Gasteiger partial charge in [-0.15, -0.1) is 0 Å². The highest BCUT2D eigenvalue weighted by atomic mass is 32.2. The van der Waals surface area contributed by atoms with E-state index in [1.165, 1.54) is 24.0 Å². The summed E-state index contributed by atoms with van der Waals surface area (Å²) in [7, 11) is 0. The molecule has 0 radical (unpaired) electrons. The van der Waals surface area contributed by atoms with Crippen molar-refractivity contribution in [3.8, 4) is 0 Å². The van der Waals surface area contributed by atoms with Crippen molar-refractivity contribution in [1.82, 2.24) is 15.3 Å². The lowest BCUT2D eigenvalue weighted by molar-refractivity contribution is -0.144. The highest BCUT2D eigenvalue weighted by molar-refractivity contribution is 7.99. The molecule has 108 valence electrons. The topological polar surface area (TPSA) is 95.1 Å². The van der Waals surface area contributed by atoms with E-state index in [-0.39, 0.29) is 10.8 Å². The lowest BCUT2D eigenvalue weighted by atomic mass is 9.98. The molecule has 2 aliphatic carbocycles. The molecule has 0 aliphatic heterocycles. The Morgan fingerprint density at radius 1 is 1.50 bits per heavy atom. The van der Waals surface area contributed by atoms with Crippen LogP contribution in [0.2, 0.25) is 0 Å². The SMILES string of the molecule is O=C(O)C1(NC2CC2)CCC(Sc2nccc(=O)[nH]2)C1. The molecule has 0 amide bonds. The maximum absolute atomic E-state index is 11.6. The van der Waals surface area contributed by atoms with E-state index in [9.17, 15) is 14.7 Å². The van der Waals surface area contributed by atoms with Crippen LogP contribution in [0, 0.1) is 0 Å². The summed E-state index contributed by atoms with van der Waals surface area (Å²) in [5, 5.41) is 13.5. The van der Waals surface area contributed by atoms with Gasteiger partial charge in [0.15, 0.2) is 5.16 Å². The molecule has 0 saturated heterocycles. The summed E-state index contributed by atoms with van der Waals surface area (Å²) in [6.07, 6.45) is 5.63. The number of aliphatic carboxylic acids is 1. The summed E-state index contributed by atoms with van der Waals surface area (Å²) < 4.78 is 0. The third-order valence-corrected chi connectivity index (χ3v) is 5.03. The van der Waals surface area contributed by atoms with Crippen molar-refractivity contribution in [2.24, 2.45) is 0 Å². The molecule has 1 aromatic heterocycles. The van der Waals surface area contributed by atoms with Crippen LogP contribution in [-0.4, -0.2) is 37.9 Å². The van der Waals surface area contributed by atoms with E-state index in [0.717, 1.165) is 19.3 Å². The maximum Gasteiger partial charge on any atom is 0.323 e. The summed E-state index contributed by atoms with van der Waals surface area (Å²) in [5.74, 6) is -0.762. The first-order valence-corrected chi connectivity index (χ1v) is 7.68. The number of aromatic amines is 1. The number of hydrogen-bond donors (Lipinski definition) is 3. The number of H-pyrrole nitrogens is 1. The molecule has 6 nitrogen and oxygen atoms in total. The zero-order chi connectivity index (χ0) is 14.2. The second-order valence-electron chi connectivity index (χ2n) is 5.53. The van der Waals surface area contributed by atoms with Gasteiger partial charge >= 0.3 is 5.97 Å². The summed E-state index contributed by atoms with van der Waals surface area (Å²) in [5.41, 5.74) is -0.977. The third-order valence-electron chi connectivity index (χ3n) is 3.86. The largest absolute Gasteiger partial charge is 0.480 e. The van der Waals surface area contributed by atoms with E-state index < -0.39 is 11.5 Å².